The Labute approximate surface area is 114 Å². The Morgan fingerprint density at radius 2 is 1.74 bits per heavy atom. The highest BCUT2D eigenvalue weighted by atomic mass is 16.5. The molecule has 0 saturated heterocycles. The molecule has 0 amide bonds. The number of methoxy groups -OCH3 is 1. The van der Waals surface area contributed by atoms with E-state index in [9.17, 15) is 0 Å². The number of hydrogen-bond donors (Lipinski definition) is 2. The highest BCUT2D eigenvalue weighted by Crippen LogP contribution is 2.27. The maximum atomic E-state index is 6.34. The molecule has 3 heteroatoms. The van der Waals surface area contributed by atoms with E-state index in [4.69, 9.17) is 10.5 Å². The molecule has 0 fully saturated rings. The van der Waals surface area contributed by atoms with Gasteiger partial charge in [0, 0.05) is 11.6 Å². The normalized spacial score (nSPS) is 13.5. The minimum absolute atomic E-state index is 0.0519. The molecule has 0 aliphatic heterocycles. The summed E-state index contributed by atoms with van der Waals surface area (Å²) in [5, 5.41) is 5.61. The summed E-state index contributed by atoms with van der Waals surface area (Å²) in [7, 11) is 3.62. The fraction of sp³-hybridized carbons (Fsp3) is 0.375. The molecule has 2 aromatic rings. The topological polar surface area (TPSA) is 47.3 Å². The van der Waals surface area contributed by atoms with Gasteiger partial charge in [-0.15, -0.1) is 0 Å². The van der Waals surface area contributed by atoms with Crippen LogP contribution in [0.4, 0.5) is 0 Å². The maximum Gasteiger partial charge on any atom is 0.119 e. The number of nitrogens with one attached hydrogen (secondary N) is 1. The molecule has 0 aromatic heterocycles. The van der Waals surface area contributed by atoms with Gasteiger partial charge in [-0.25, -0.2) is 0 Å². The van der Waals surface area contributed by atoms with Crippen molar-refractivity contribution in [2.75, 3.05) is 14.2 Å². The summed E-state index contributed by atoms with van der Waals surface area (Å²) < 4.78 is 5.24. The van der Waals surface area contributed by atoms with Crippen LogP contribution in [0.5, 0.6) is 5.75 Å². The zero-order chi connectivity index (χ0) is 14.0. The van der Waals surface area contributed by atoms with Crippen LogP contribution in [0, 0.1) is 0 Å². The first-order valence-electron chi connectivity index (χ1n) is 6.50. The van der Waals surface area contributed by atoms with E-state index in [0.29, 0.717) is 0 Å². The standard InChI is InChI=1S/C16H22N2O/c1-16(2,18-3)15(17)13-6-5-12-10-14(19-4)8-7-11(12)9-13/h5-10,15,18H,17H2,1-4H3. The molecule has 1 atom stereocenters. The van der Waals surface area contributed by atoms with Gasteiger partial charge in [0.05, 0.1) is 7.11 Å². The first kappa shape index (κ1) is 13.8. The lowest BCUT2D eigenvalue weighted by Gasteiger charge is -2.31. The molecule has 3 nitrogen and oxygen atoms in total. The second-order valence-corrected chi connectivity index (χ2v) is 5.42. The highest BCUT2D eigenvalue weighted by molar-refractivity contribution is 5.84. The van der Waals surface area contributed by atoms with Crippen LogP contribution < -0.4 is 15.8 Å². The summed E-state index contributed by atoms with van der Waals surface area (Å²) in [5.74, 6) is 0.875. The lowest BCUT2D eigenvalue weighted by molar-refractivity contribution is 0.349. The van der Waals surface area contributed by atoms with Gasteiger partial charge in [0.15, 0.2) is 0 Å². The van der Waals surface area contributed by atoms with Gasteiger partial charge in [-0.3, -0.25) is 0 Å². The number of hydrogen-bond acceptors (Lipinski definition) is 3. The Morgan fingerprint density at radius 1 is 1.11 bits per heavy atom. The summed E-state index contributed by atoms with van der Waals surface area (Å²) in [4.78, 5) is 0. The van der Waals surface area contributed by atoms with E-state index >= 15 is 0 Å². The van der Waals surface area contributed by atoms with Crippen molar-refractivity contribution in [1.82, 2.24) is 5.32 Å². The molecule has 19 heavy (non-hydrogen) atoms. The second-order valence-electron chi connectivity index (χ2n) is 5.42. The average molecular weight is 258 g/mol. The maximum absolute atomic E-state index is 6.34. The largest absolute Gasteiger partial charge is 0.497 e. The van der Waals surface area contributed by atoms with Gasteiger partial charge < -0.3 is 15.8 Å². The first-order valence-corrected chi connectivity index (χ1v) is 6.50. The van der Waals surface area contributed by atoms with Crippen molar-refractivity contribution in [2.45, 2.75) is 25.4 Å². The Balaban J connectivity index is 2.42. The Morgan fingerprint density at radius 3 is 2.37 bits per heavy atom. The minimum atomic E-state index is -0.139. The molecule has 0 heterocycles. The fourth-order valence-corrected chi connectivity index (χ4v) is 2.13. The third-order valence-corrected chi connectivity index (χ3v) is 3.85. The zero-order valence-corrected chi connectivity index (χ0v) is 12.0. The first-order chi connectivity index (χ1) is 8.97. The summed E-state index contributed by atoms with van der Waals surface area (Å²) in [6, 6.07) is 12.4. The van der Waals surface area contributed by atoms with Gasteiger partial charge in [-0.2, -0.15) is 0 Å². The van der Waals surface area contributed by atoms with E-state index in [0.717, 1.165) is 16.7 Å². The predicted molar refractivity (Wildman–Crippen MR) is 80.6 cm³/mol. The highest BCUT2D eigenvalue weighted by Gasteiger charge is 2.25. The van der Waals surface area contributed by atoms with E-state index in [2.05, 4.69) is 43.4 Å². The van der Waals surface area contributed by atoms with Crippen molar-refractivity contribution in [3.63, 3.8) is 0 Å². The Kier molecular flexibility index (Phi) is 3.78. The molecule has 2 rings (SSSR count). The monoisotopic (exact) mass is 258 g/mol. The van der Waals surface area contributed by atoms with Gasteiger partial charge in [-0.1, -0.05) is 18.2 Å². The Bertz CT molecular complexity index is 578. The third-order valence-electron chi connectivity index (χ3n) is 3.85. The molecule has 0 aliphatic rings. The van der Waals surface area contributed by atoms with Crippen molar-refractivity contribution in [1.29, 1.82) is 0 Å². The molecular weight excluding hydrogens is 236 g/mol. The smallest absolute Gasteiger partial charge is 0.119 e. The Hall–Kier alpha value is -1.58. The van der Waals surface area contributed by atoms with Crippen LogP contribution in [0.3, 0.4) is 0 Å². The average Bonchev–Trinajstić information content (AvgIpc) is 2.45. The summed E-state index contributed by atoms with van der Waals surface area (Å²) in [6.45, 7) is 4.21. The number of nitrogens with two attached hydrogens (primary N) is 1. The second kappa shape index (κ2) is 5.19. The number of rotatable bonds is 4. The van der Waals surface area contributed by atoms with Crippen LogP contribution in [0.15, 0.2) is 36.4 Å². The van der Waals surface area contributed by atoms with Gasteiger partial charge in [-0.05, 0) is 55.4 Å². The van der Waals surface area contributed by atoms with Crippen LogP contribution in [0.1, 0.15) is 25.5 Å². The van der Waals surface area contributed by atoms with Crippen molar-refractivity contribution in [3.8, 4) is 5.75 Å². The molecule has 0 radical (unpaired) electrons. The van der Waals surface area contributed by atoms with Gasteiger partial charge in [0.25, 0.3) is 0 Å². The quantitative estimate of drug-likeness (QED) is 0.886. The molecule has 2 aromatic carbocycles. The molecule has 1 unspecified atom stereocenters. The van der Waals surface area contributed by atoms with Crippen LogP contribution in [0.25, 0.3) is 10.8 Å². The minimum Gasteiger partial charge on any atom is -0.497 e. The van der Waals surface area contributed by atoms with Crippen LogP contribution >= 0.6 is 0 Å². The molecule has 0 spiro atoms. The summed E-state index contributed by atoms with van der Waals surface area (Å²) in [6.07, 6.45) is 0. The number of benzene rings is 2. The van der Waals surface area contributed by atoms with Gasteiger partial charge in [0.1, 0.15) is 5.75 Å². The molecule has 102 valence electrons. The molecule has 0 saturated carbocycles. The zero-order valence-electron chi connectivity index (χ0n) is 12.0. The van der Waals surface area contributed by atoms with Crippen LogP contribution in [-0.4, -0.2) is 19.7 Å². The predicted octanol–water partition coefficient (Wildman–Crippen LogP) is 2.85. The van der Waals surface area contributed by atoms with Crippen molar-refractivity contribution in [2.24, 2.45) is 5.73 Å². The summed E-state index contributed by atoms with van der Waals surface area (Å²) in [5.41, 5.74) is 7.34. The number of fused-ring (bicyclic) bond motifs is 1. The fourth-order valence-electron chi connectivity index (χ4n) is 2.13. The van der Waals surface area contributed by atoms with E-state index in [-0.39, 0.29) is 11.6 Å². The molecule has 0 bridgehead atoms. The van der Waals surface area contributed by atoms with E-state index < -0.39 is 0 Å². The molecule has 3 N–H and O–H groups in total. The summed E-state index contributed by atoms with van der Waals surface area (Å²) >= 11 is 0. The molecular formula is C16H22N2O. The SMILES string of the molecule is CNC(C)(C)C(N)c1ccc2cc(OC)ccc2c1. The lowest BCUT2D eigenvalue weighted by atomic mass is 9.88. The van der Waals surface area contributed by atoms with E-state index in [1.54, 1.807) is 7.11 Å². The number of likely N-dealkylation sites (N-methyl/N-ethyl adjacent to an activating group) is 1. The van der Waals surface area contributed by atoms with E-state index in [1.807, 2.05) is 19.2 Å². The number of ether oxygens (including phenoxy) is 1. The van der Waals surface area contributed by atoms with Gasteiger partial charge >= 0.3 is 0 Å². The third kappa shape index (κ3) is 2.72. The molecule has 0 aliphatic carbocycles. The van der Waals surface area contributed by atoms with Crippen LogP contribution in [-0.2, 0) is 0 Å². The van der Waals surface area contributed by atoms with E-state index in [1.165, 1.54) is 5.39 Å². The van der Waals surface area contributed by atoms with Gasteiger partial charge in [0.2, 0.25) is 0 Å². The lowest BCUT2D eigenvalue weighted by Crippen LogP contribution is -2.46. The van der Waals surface area contributed by atoms with Crippen molar-refractivity contribution < 1.29 is 4.74 Å². The van der Waals surface area contributed by atoms with Crippen LogP contribution in [0.2, 0.25) is 0 Å². The van der Waals surface area contributed by atoms with Crippen molar-refractivity contribution in [3.05, 3.63) is 42.0 Å². The van der Waals surface area contributed by atoms with Crippen molar-refractivity contribution >= 4 is 10.8 Å².